The SMILES string of the molecule is O=C(N[C@@H](C1CC1)C(F)(F)F)c1nccnc1Cl. The number of hydrogen-bond acceptors (Lipinski definition) is 3. The lowest BCUT2D eigenvalue weighted by Crippen LogP contribution is -2.47. The molecule has 1 aliphatic carbocycles. The standard InChI is InChI=1S/C10H9ClF3N3O/c11-8-6(15-3-4-16-8)9(18)17-7(5-1-2-5)10(12,13)14/h3-5,7H,1-2H2,(H,17,18)/t7-/m0/s1. The first-order valence-electron chi connectivity index (χ1n) is 5.23. The first kappa shape index (κ1) is 13.1. The van der Waals surface area contributed by atoms with Crippen LogP contribution < -0.4 is 5.32 Å². The van der Waals surface area contributed by atoms with Crippen LogP contribution in [0.4, 0.5) is 13.2 Å². The van der Waals surface area contributed by atoms with E-state index in [9.17, 15) is 18.0 Å². The molecule has 1 aliphatic rings. The Hall–Kier alpha value is -1.37. The van der Waals surface area contributed by atoms with E-state index in [4.69, 9.17) is 11.6 Å². The summed E-state index contributed by atoms with van der Waals surface area (Å²) in [5, 5.41) is 1.71. The van der Waals surface area contributed by atoms with Crippen molar-refractivity contribution in [2.45, 2.75) is 25.1 Å². The Balaban J connectivity index is 2.13. The lowest BCUT2D eigenvalue weighted by atomic mass is 10.1. The van der Waals surface area contributed by atoms with Crippen molar-refractivity contribution in [3.05, 3.63) is 23.2 Å². The molecule has 18 heavy (non-hydrogen) atoms. The van der Waals surface area contributed by atoms with Crippen molar-refractivity contribution in [3.8, 4) is 0 Å². The highest BCUT2D eigenvalue weighted by atomic mass is 35.5. The van der Waals surface area contributed by atoms with Crippen LogP contribution in [0.25, 0.3) is 0 Å². The normalized spacial score (nSPS) is 17.3. The van der Waals surface area contributed by atoms with Crippen LogP contribution in [0.5, 0.6) is 0 Å². The molecule has 1 heterocycles. The number of nitrogens with zero attached hydrogens (tertiary/aromatic N) is 2. The van der Waals surface area contributed by atoms with E-state index in [0.29, 0.717) is 12.8 Å². The van der Waals surface area contributed by atoms with Crippen molar-refractivity contribution < 1.29 is 18.0 Å². The number of rotatable bonds is 3. The van der Waals surface area contributed by atoms with E-state index >= 15 is 0 Å². The molecule has 0 unspecified atom stereocenters. The van der Waals surface area contributed by atoms with Gasteiger partial charge >= 0.3 is 6.18 Å². The van der Waals surface area contributed by atoms with E-state index < -0.39 is 24.0 Å². The molecule has 1 amide bonds. The molecule has 4 nitrogen and oxygen atoms in total. The molecule has 1 aromatic heterocycles. The van der Waals surface area contributed by atoms with Gasteiger partial charge < -0.3 is 5.32 Å². The van der Waals surface area contributed by atoms with Gasteiger partial charge in [0.05, 0.1) is 0 Å². The second-order valence-electron chi connectivity index (χ2n) is 4.03. The van der Waals surface area contributed by atoms with Gasteiger partial charge in [0.15, 0.2) is 10.8 Å². The monoisotopic (exact) mass is 279 g/mol. The highest BCUT2D eigenvalue weighted by Gasteiger charge is 2.49. The van der Waals surface area contributed by atoms with Gasteiger partial charge in [-0.25, -0.2) is 9.97 Å². The quantitative estimate of drug-likeness (QED) is 0.923. The zero-order chi connectivity index (χ0) is 13.3. The van der Waals surface area contributed by atoms with E-state index in [1.807, 2.05) is 5.32 Å². The first-order chi connectivity index (χ1) is 8.39. The van der Waals surface area contributed by atoms with Gasteiger partial charge in [-0.3, -0.25) is 4.79 Å². The third kappa shape index (κ3) is 2.90. The first-order valence-corrected chi connectivity index (χ1v) is 5.61. The van der Waals surface area contributed by atoms with Crippen molar-refractivity contribution in [1.82, 2.24) is 15.3 Å². The minimum absolute atomic E-state index is 0.216. The molecule has 1 aromatic rings. The summed E-state index contributed by atoms with van der Waals surface area (Å²) < 4.78 is 38.1. The highest BCUT2D eigenvalue weighted by molar-refractivity contribution is 6.32. The van der Waals surface area contributed by atoms with Gasteiger partial charge in [0, 0.05) is 12.4 Å². The number of amides is 1. The summed E-state index contributed by atoms with van der Waals surface area (Å²) in [6.45, 7) is 0. The van der Waals surface area contributed by atoms with E-state index in [0.717, 1.165) is 0 Å². The largest absolute Gasteiger partial charge is 0.408 e. The van der Waals surface area contributed by atoms with Crippen molar-refractivity contribution in [3.63, 3.8) is 0 Å². The summed E-state index contributed by atoms with van der Waals surface area (Å²) in [6.07, 6.45) is -1.11. The lowest BCUT2D eigenvalue weighted by molar-refractivity contribution is -0.158. The third-order valence-corrected chi connectivity index (χ3v) is 2.88. The number of nitrogens with one attached hydrogen (secondary N) is 1. The number of halogens is 4. The molecule has 1 saturated carbocycles. The minimum Gasteiger partial charge on any atom is -0.339 e. The van der Waals surface area contributed by atoms with E-state index in [2.05, 4.69) is 9.97 Å². The molecular formula is C10H9ClF3N3O. The Morgan fingerprint density at radius 2 is 2.00 bits per heavy atom. The predicted molar refractivity (Wildman–Crippen MR) is 57.1 cm³/mol. The number of aromatic nitrogens is 2. The van der Waals surface area contributed by atoms with Crippen molar-refractivity contribution in [2.75, 3.05) is 0 Å². The van der Waals surface area contributed by atoms with E-state index in [1.54, 1.807) is 0 Å². The van der Waals surface area contributed by atoms with Crippen molar-refractivity contribution in [2.24, 2.45) is 5.92 Å². The Morgan fingerprint density at radius 3 is 2.50 bits per heavy atom. The molecule has 0 bridgehead atoms. The van der Waals surface area contributed by atoms with Gasteiger partial charge in [-0.2, -0.15) is 13.2 Å². The molecule has 0 radical (unpaired) electrons. The smallest absolute Gasteiger partial charge is 0.339 e. The zero-order valence-electron chi connectivity index (χ0n) is 9.04. The summed E-state index contributed by atoms with van der Waals surface area (Å²) in [7, 11) is 0. The Labute approximate surface area is 106 Å². The van der Waals surface area contributed by atoms with Crippen LogP contribution in [0.1, 0.15) is 23.3 Å². The molecule has 98 valence electrons. The molecule has 2 rings (SSSR count). The average Bonchev–Trinajstić information content (AvgIpc) is 3.08. The van der Waals surface area contributed by atoms with E-state index in [1.165, 1.54) is 12.4 Å². The maximum atomic E-state index is 12.7. The predicted octanol–water partition coefficient (Wildman–Crippen LogP) is 2.20. The number of carbonyl (C=O) groups excluding carboxylic acids is 1. The average molecular weight is 280 g/mol. The second kappa shape index (κ2) is 4.72. The fraction of sp³-hybridized carbons (Fsp3) is 0.500. The molecule has 8 heteroatoms. The third-order valence-electron chi connectivity index (χ3n) is 2.60. The summed E-state index contributed by atoms with van der Waals surface area (Å²) in [5.41, 5.74) is -0.297. The Bertz CT molecular complexity index is 462. The van der Waals surface area contributed by atoms with Gasteiger partial charge in [0.25, 0.3) is 5.91 Å². The Morgan fingerprint density at radius 1 is 1.39 bits per heavy atom. The molecule has 1 fully saturated rings. The van der Waals surface area contributed by atoms with Crippen LogP contribution in [-0.4, -0.2) is 28.1 Å². The fourth-order valence-electron chi connectivity index (χ4n) is 1.58. The molecule has 0 saturated heterocycles. The van der Waals surface area contributed by atoms with Crippen LogP contribution in [-0.2, 0) is 0 Å². The number of carbonyl (C=O) groups is 1. The van der Waals surface area contributed by atoms with Crippen LogP contribution in [0.2, 0.25) is 5.15 Å². The molecular weight excluding hydrogens is 271 g/mol. The van der Waals surface area contributed by atoms with Gasteiger partial charge in [-0.15, -0.1) is 0 Å². The van der Waals surface area contributed by atoms with Gasteiger partial charge in [0.1, 0.15) is 6.04 Å². The summed E-state index contributed by atoms with van der Waals surface area (Å²) in [5.74, 6) is -1.51. The second-order valence-corrected chi connectivity index (χ2v) is 4.38. The van der Waals surface area contributed by atoms with Gasteiger partial charge in [-0.05, 0) is 18.8 Å². The summed E-state index contributed by atoms with van der Waals surface area (Å²) in [4.78, 5) is 18.9. The number of alkyl halides is 3. The summed E-state index contributed by atoms with van der Waals surface area (Å²) >= 11 is 5.60. The van der Waals surface area contributed by atoms with Crippen LogP contribution >= 0.6 is 11.6 Å². The van der Waals surface area contributed by atoms with Crippen LogP contribution in [0.3, 0.4) is 0 Å². The van der Waals surface area contributed by atoms with Crippen molar-refractivity contribution >= 4 is 17.5 Å². The summed E-state index contributed by atoms with van der Waals surface area (Å²) in [6, 6.07) is -1.84. The molecule has 0 aromatic carbocycles. The van der Waals surface area contributed by atoms with Crippen molar-refractivity contribution in [1.29, 1.82) is 0 Å². The van der Waals surface area contributed by atoms with Crippen LogP contribution in [0, 0.1) is 5.92 Å². The number of hydrogen-bond donors (Lipinski definition) is 1. The maximum absolute atomic E-state index is 12.7. The minimum atomic E-state index is -4.47. The van der Waals surface area contributed by atoms with Gasteiger partial charge in [0.2, 0.25) is 0 Å². The maximum Gasteiger partial charge on any atom is 0.408 e. The Kier molecular flexibility index (Phi) is 3.43. The lowest BCUT2D eigenvalue weighted by Gasteiger charge is -2.21. The topological polar surface area (TPSA) is 54.9 Å². The van der Waals surface area contributed by atoms with E-state index in [-0.39, 0.29) is 10.8 Å². The molecule has 1 atom stereocenters. The molecule has 0 spiro atoms. The highest BCUT2D eigenvalue weighted by Crippen LogP contribution is 2.40. The zero-order valence-corrected chi connectivity index (χ0v) is 9.79. The molecule has 1 N–H and O–H groups in total. The molecule has 0 aliphatic heterocycles. The fourth-order valence-corrected chi connectivity index (χ4v) is 1.77. The van der Waals surface area contributed by atoms with Gasteiger partial charge in [-0.1, -0.05) is 11.6 Å². The van der Waals surface area contributed by atoms with Crippen LogP contribution in [0.15, 0.2) is 12.4 Å².